The van der Waals surface area contributed by atoms with Gasteiger partial charge in [-0.2, -0.15) is 0 Å². The number of aliphatic hydroxyl groups excluding tert-OH is 7. The van der Waals surface area contributed by atoms with E-state index in [1.165, 1.54) is 48.6 Å². The second kappa shape index (κ2) is 16.2. The quantitative estimate of drug-likeness (QED) is 0.0664. The van der Waals surface area contributed by atoms with E-state index in [1.54, 1.807) is 0 Å². The van der Waals surface area contributed by atoms with Crippen LogP contribution >= 0.6 is 0 Å². The third-order valence-corrected chi connectivity index (χ3v) is 8.99. The van der Waals surface area contributed by atoms with Crippen molar-refractivity contribution in [2.75, 3.05) is 13.2 Å². The molecule has 19 heteroatoms. The van der Waals surface area contributed by atoms with Crippen LogP contribution in [0.4, 0.5) is 0 Å². The normalized spacial score (nSPS) is 30.5. The minimum absolute atomic E-state index is 0.0250. The summed E-state index contributed by atoms with van der Waals surface area (Å²) >= 11 is 0. The van der Waals surface area contributed by atoms with Gasteiger partial charge in [0.1, 0.15) is 78.4 Å². The molecule has 3 aliphatic rings. The van der Waals surface area contributed by atoms with Crippen LogP contribution in [-0.2, 0) is 23.7 Å². The number of benzene rings is 3. The summed E-state index contributed by atoms with van der Waals surface area (Å²) in [6.07, 6.45) is -14.9. The van der Waals surface area contributed by atoms with E-state index in [0.717, 1.165) is 18.2 Å². The van der Waals surface area contributed by atoms with Crippen LogP contribution in [-0.4, -0.2) is 142 Å². The maximum Gasteiger partial charge on any atom is 0.330 e. The first kappa shape index (κ1) is 39.3. The first-order valence-corrected chi connectivity index (χ1v) is 16.6. The monoisotopic (exact) mass is 774 g/mol. The molecule has 2 saturated heterocycles. The summed E-state index contributed by atoms with van der Waals surface area (Å²) in [5.41, 5.74) is 0.497. The fourth-order valence-electron chi connectivity index (χ4n) is 5.96. The summed E-state index contributed by atoms with van der Waals surface area (Å²) < 4.78 is 33.9. The van der Waals surface area contributed by atoms with E-state index in [-0.39, 0.29) is 39.9 Å². The van der Waals surface area contributed by atoms with Crippen LogP contribution in [0.1, 0.15) is 22.8 Å². The maximum absolute atomic E-state index is 12.4. The average Bonchev–Trinajstić information content (AvgIpc) is 3.15. The summed E-state index contributed by atoms with van der Waals surface area (Å²) in [5, 5.41) is 123. The average molecular weight is 775 g/mol. The van der Waals surface area contributed by atoms with Crippen LogP contribution < -0.4 is 9.47 Å². The number of aliphatic hydroxyl groups is 7. The van der Waals surface area contributed by atoms with Crippen molar-refractivity contribution in [3.05, 3.63) is 77.1 Å². The second-order valence-corrected chi connectivity index (χ2v) is 12.8. The Labute approximate surface area is 310 Å². The smallest absolute Gasteiger partial charge is 0.330 e. The van der Waals surface area contributed by atoms with Crippen molar-refractivity contribution < 1.29 is 94.5 Å². The van der Waals surface area contributed by atoms with Crippen molar-refractivity contribution in [2.24, 2.45) is 0 Å². The molecule has 0 saturated carbocycles. The highest BCUT2D eigenvalue weighted by Gasteiger charge is 2.47. The van der Waals surface area contributed by atoms with Crippen molar-refractivity contribution in [1.82, 2.24) is 0 Å². The standard InChI is InChI=1S/C36H38O19/c37-12-25-28(44)30(46)32(48)36(54-25)53-24-11-17-20(41)9-16(38)10-22(17)51-34(24)15-3-5-19(40)23(8-15)52-35-33(49)31(47)29(45)26(55-35)13-50-27(43)6-2-14-1-4-18(39)21(42)7-14/h1-11,25-26,28-42,44-49H,12-13H2/b6-2+/t25-,26+,28-,29-,30-,31+,32-,33+,34?,35-,36-/m1/s1. The number of esters is 1. The van der Waals surface area contributed by atoms with Gasteiger partial charge in [-0.1, -0.05) is 12.1 Å². The molecule has 19 nitrogen and oxygen atoms in total. The van der Waals surface area contributed by atoms with Gasteiger partial charge in [0, 0.05) is 23.8 Å². The van der Waals surface area contributed by atoms with Gasteiger partial charge in [0.25, 0.3) is 0 Å². The van der Waals surface area contributed by atoms with Gasteiger partial charge in [-0.05, 0) is 42.0 Å². The second-order valence-electron chi connectivity index (χ2n) is 12.8. The van der Waals surface area contributed by atoms with Crippen LogP contribution in [0.5, 0.6) is 40.2 Å². The molecule has 0 aromatic heterocycles. The Morgan fingerprint density at radius 3 is 2.04 bits per heavy atom. The molecule has 1 unspecified atom stereocenters. The number of aromatic hydroxyl groups is 5. The van der Waals surface area contributed by atoms with Crippen LogP contribution in [0.3, 0.4) is 0 Å². The van der Waals surface area contributed by atoms with Crippen molar-refractivity contribution in [1.29, 1.82) is 0 Å². The van der Waals surface area contributed by atoms with Crippen molar-refractivity contribution in [2.45, 2.75) is 67.5 Å². The Bertz CT molecular complexity index is 1930. The van der Waals surface area contributed by atoms with Gasteiger partial charge in [0.2, 0.25) is 12.6 Å². The number of rotatable bonds is 10. The molecular weight excluding hydrogens is 736 g/mol. The summed E-state index contributed by atoms with van der Waals surface area (Å²) in [6, 6.07) is 9.71. The molecule has 0 amide bonds. The van der Waals surface area contributed by atoms with Gasteiger partial charge < -0.3 is 89.7 Å². The van der Waals surface area contributed by atoms with Crippen LogP contribution in [0.2, 0.25) is 0 Å². The zero-order valence-electron chi connectivity index (χ0n) is 28.3. The Morgan fingerprint density at radius 1 is 0.691 bits per heavy atom. The van der Waals surface area contributed by atoms with E-state index >= 15 is 0 Å². The molecule has 2 fully saturated rings. The van der Waals surface area contributed by atoms with Crippen molar-refractivity contribution in [3.8, 4) is 40.2 Å². The Hall–Kier alpha value is -5.35. The molecule has 3 aliphatic heterocycles. The molecule has 3 heterocycles. The number of ether oxygens (including phenoxy) is 6. The highest BCUT2D eigenvalue weighted by atomic mass is 16.7. The summed E-state index contributed by atoms with van der Waals surface area (Å²) in [7, 11) is 0. The van der Waals surface area contributed by atoms with Gasteiger partial charge in [-0.3, -0.25) is 0 Å². The summed E-state index contributed by atoms with van der Waals surface area (Å²) in [4.78, 5) is 12.4. The van der Waals surface area contributed by atoms with E-state index in [0.29, 0.717) is 5.56 Å². The third kappa shape index (κ3) is 8.34. The summed E-state index contributed by atoms with van der Waals surface area (Å²) in [6.45, 7) is -1.39. The van der Waals surface area contributed by atoms with Gasteiger partial charge in [-0.15, -0.1) is 0 Å². The largest absolute Gasteiger partial charge is 0.508 e. The fraction of sp³-hybridized carbons (Fsp3) is 0.361. The van der Waals surface area contributed by atoms with E-state index in [9.17, 15) is 66.1 Å². The minimum Gasteiger partial charge on any atom is -0.508 e. The van der Waals surface area contributed by atoms with Gasteiger partial charge in [0.05, 0.1) is 12.2 Å². The number of carbonyl (C=O) groups excluding carboxylic acids is 1. The first-order valence-electron chi connectivity index (χ1n) is 16.6. The SMILES string of the molecule is O=C(/C=C/c1ccc(O)c(O)c1)OC[C@@H]1O[C@@H](Oc2cc(C3Oc4cc(O)cc(O)c4C=C3O[C@@H]3O[C@H](CO)[C@@H](O)[C@@H](O)[C@H]3O)ccc2O)[C@@H](O)[C@@H](O)[C@@H]1O. The fourth-order valence-corrected chi connectivity index (χ4v) is 5.96. The van der Waals surface area contributed by atoms with Crippen LogP contribution in [0.25, 0.3) is 12.2 Å². The molecule has 0 aliphatic carbocycles. The lowest BCUT2D eigenvalue weighted by Crippen LogP contribution is -2.60. The highest BCUT2D eigenvalue weighted by molar-refractivity contribution is 5.87. The molecule has 3 aromatic rings. The lowest BCUT2D eigenvalue weighted by Gasteiger charge is -2.41. The molecule has 296 valence electrons. The molecule has 0 bridgehead atoms. The first-order chi connectivity index (χ1) is 26.1. The zero-order valence-corrected chi connectivity index (χ0v) is 28.3. The lowest BCUT2D eigenvalue weighted by molar-refractivity contribution is -0.293. The number of phenols is 5. The maximum atomic E-state index is 12.4. The van der Waals surface area contributed by atoms with Gasteiger partial charge >= 0.3 is 5.97 Å². The Morgan fingerprint density at radius 2 is 1.35 bits per heavy atom. The summed E-state index contributed by atoms with van der Waals surface area (Å²) in [5.74, 6) is -3.61. The lowest BCUT2D eigenvalue weighted by atomic mass is 9.98. The predicted molar refractivity (Wildman–Crippen MR) is 181 cm³/mol. The van der Waals surface area contributed by atoms with E-state index in [1.807, 2.05) is 0 Å². The number of carbonyl (C=O) groups is 1. The molecule has 0 radical (unpaired) electrons. The molecule has 0 spiro atoms. The molecule has 55 heavy (non-hydrogen) atoms. The number of fused-ring (bicyclic) bond motifs is 1. The molecular formula is C36H38O19. The van der Waals surface area contributed by atoms with E-state index in [4.69, 9.17) is 28.4 Å². The van der Waals surface area contributed by atoms with E-state index in [2.05, 4.69) is 0 Å². The topological polar surface area (TPSA) is 315 Å². The molecule has 3 aromatic carbocycles. The van der Waals surface area contributed by atoms with Crippen LogP contribution in [0, 0.1) is 0 Å². The minimum atomic E-state index is -1.90. The van der Waals surface area contributed by atoms with Gasteiger partial charge in [-0.25, -0.2) is 4.79 Å². The third-order valence-electron chi connectivity index (χ3n) is 8.99. The molecule has 11 atom stereocenters. The van der Waals surface area contributed by atoms with Crippen molar-refractivity contribution in [3.63, 3.8) is 0 Å². The number of phenolic OH excluding ortho intramolecular Hbond substituents is 5. The predicted octanol–water partition coefficient (Wildman–Crippen LogP) is -1.05. The Kier molecular flexibility index (Phi) is 11.6. The Balaban J connectivity index is 1.21. The van der Waals surface area contributed by atoms with Gasteiger partial charge in [0.15, 0.2) is 29.1 Å². The molecule has 6 rings (SSSR count). The van der Waals surface area contributed by atoms with Crippen LogP contribution in [0.15, 0.2) is 60.4 Å². The zero-order chi connectivity index (χ0) is 39.7. The number of hydrogen-bond donors (Lipinski definition) is 12. The van der Waals surface area contributed by atoms with E-state index < -0.39 is 104 Å². The molecule has 12 N–H and O–H groups in total. The van der Waals surface area contributed by atoms with Crippen molar-refractivity contribution >= 4 is 18.1 Å². The highest BCUT2D eigenvalue weighted by Crippen LogP contribution is 2.46. The number of hydrogen-bond acceptors (Lipinski definition) is 19.